The van der Waals surface area contributed by atoms with Crippen molar-refractivity contribution in [3.63, 3.8) is 0 Å². The van der Waals surface area contributed by atoms with Crippen molar-refractivity contribution in [2.75, 3.05) is 13.1 Å². The lowest BCUT2D eigenvalue weighted by molar-refractivity contribution is 0.00578. The van der Waals surface area contributed by atoms with Gasteiger partial charge in [-0.2, -0.15) is 0 Å². The van der Waals surface area contributed by atoms with Crippen LogP contribution in [-0.4, -0.2) is 36.0 Å². The van der Waals surface area contributed by atoms with Gasteiger partial charge in [0.15, 0.2) is 0 Å². The molecule has 0 spiro atoms. The van der Waals surface area contributed by atoms with E-state index in [1.54, 1.807) is 0 Å². The SMILES string of the molecule is CC1(C)OB(c2ccc3ccn(C4CCNC4)c3c2)OC1(C)C. The molecule has 2 aliphatic heterocycles. The molecular formula is C18H25BN2O2. The number of nitrogens with zero attached hydrogens (tertiary/aromatic N) is 1. The van der Waals surface area contributed by atoms with Crippen molar-refractivity contribution in [1.82, 2.24) is 9.88 Å². The maximum atomic E-state index is 6.20. The average Bonchev–Trinajstić information content (AvgIpc) is 3.17. The van der Waals surface area contributed by atoms with Crippen LogP contribution in [0.1, 0.15) is 40.2 Å². The van der Waals surface area contributed by atoms with Crippen LogP contribution in [0.5, 0.6) is 0 Å². The van der Waals surface area contributed by atoms with Gasteiger partial charge in [-0.3, -0.25) is 0 Å². The van der Waals surface area contributed by atoms with Gasteiger partial charge in [-0.05, 0) is 63.6 Å². The summed E-state index contributed by atoms with van der Waals surface area (Å²) in [4.78, 5) is 0. The number of hydrogen-bond acceptors (Lipinski definition) is 3. The Hall–Kier alpha value is -1.30. The first-order valence-electron chi connectivity index (χ1n) is 8.54. The number of benzene rings is 1. The van der Waals surface area contributed by atoms with Crippen molar-refractivity contribution >= 4 is 23.5 Å². The van der Waals surface area contributed by atoms with Gasteiger partial charge >= 0.3 is 7.12 Å². The van der Waals surface area contributed by atoms with Crippen molar-refractivity contribution in [3.05, 3.63) is 30.5 Å². The van der Waals surface area contributed by atoms with E-state index in [2.05, 4.69) is 68.0 Å². The first kappa shape index (κ1) is 15.2. The third kappa shape index (κ3) is 2.42. The Morgan fingerprint density at radius 2 is 1.87 bits per heavy atom. The van der Waals surface area contributed by atoms with E-state index >= 15 is 0 Å². The Morgan fingerprint density at radius 3 is 2.52 bits per heavy atom. The minimum absolute atomic E-state index is 0.297. The molecule has 0 bridgehead atoms. The fourth-order valence-corrected chi connectivity index (χ4v) is 3.49. The van der Waals surface area contributed by atoms with E-state index in [9.17, 15) is 0 Å². The number of hydrogen-bond donors (Lipinski definition) is 1. The number of nitrogens with one attached hydrogen (secondary N) is 1. The highest BCUT2D eigenvalue weighted by atomic mass is 16.7. The third-order valence-electron chi connectivity index (χ3n) is 5.70. The van der Waals surface area contributed by atoms with Crippen molar-refractivity contribution < 1.29 is 9.31 Å². The Kier molecular flexibility index (Phi) is 3.38. The first-order valence-corrected chi connectivity index (χ1v) is 8.54. The molecule has 2 aliphatic rings. The smallest absolute Gasteiger partial charge is 0.399 e. The number of aromatic nitrogens is 1. The average molecular weight is 312 g/mol. The van der Waals surface area contributed by atoms with E-state index in [-0.39, 0.29) is 18.3 Å². The van der Waals surface area contributed by atoms with Crippen LogP contribution in [0.4, 0.5) is 0 Å². The molecular weight excluding hydrogens is 287 g/mol. The molecule has 0 amide bonds. The second-order valence-corrected chi connectivity index (χ2v) is 7.78. The molecule has 1 aromatic carbocycles. The standard InChI is InChI=1S/C18H25BN2O2/c1-17(2)18(3,4)23-19(22-17)14-6-5-13-8-10-21(16(13)11-14)15-7-9-20-12-15/h5-6,8,10-11,15,20H,7,9,12H2,1-4H3. The molecule has 23 heavy (non-hydrogen) atoms. The van der Waals surface area contributed by atoms with Gasteiger partial charge in [0.1, 0.15) is 0 Å². The molecule has 2 saturated heterocycles. The highest BCUT2D eigenvalue weighted by molar-refractivity contribution is 6.62. The lowest BCUT2D eigenvalue weighted by Gasteiger charge is -2.32. The number of rotatable bonds is 2. The highest BCUT2D eigenvalue weighted by Crippen LogP contribution is 2.36. The lowest BCUT2D eigenvalue weighted by atomic mass is 9.79. The van der Waals surface area contributed by atoms with E-state index in [1.165, 1.54) is 17.3 Å². The molecule has 3 heterocycles. The second kappa shape index (κ2) is 5.10. The Morgan fingerprint density at radius 1 is 1.13 bits per heavy atom. The minimum Gasteiger partial charge on any atom is -0.399 e. The monoisotopic (exact) mass is 312 g/mol. The van der Waals surface area contributed by atoms with Gasteiger partial charge in [0, 0.05) is 24.3 Å². The molecule has 0 radical (unpaired) electrons. The molecule has 4 rings (SSSR count). The second-order valence-electron chi connectivity index (χ2n) is 7.78. The fraction of sp³-hybridized carbons (Fsp3) is 0.556. The lowest BCUT2D eigenvalue weighted by Crippen LogP contribution is -2.41. The van der Waals surface area contributed by atoms with Crippen LogP contribution < -0.4 is 10.8 Å². The summed E-state index contributed by atoms with van der Waals surface area (Å²) in [6.07, 6.45) is 3.39. The first-order chi connectivity index (χ1) is 10.9. The largest absolute Gasteiger partial charge is 0.494 e. The van der Waals surface area contributed by atoms with E-state index in [0.29, 0.717) is 6.04 Å². The molecule has 0 aliphatic carbocycles. The summed E-state index contributed by atoms with van der Waals surface area (Å²) in [7, 11) is -0.297. The van der Waals surface area contributed by atoms with E-state index < -0.39 is 0 Å². The van der Waals surface area contributed by atoms with Gasteiger partial charge in [-0.25, -0.2) is 0 Å². The Balaban J connectivity index is 1.70. The Labute approximate surface area is 138 Å². The molecule has 4 nitrogen and oxygen atoms in total. The zero-order valence-electron chi connectivity index (χ0n) is 14.4. The summed E-state index contributed by atoms with van der Waals surface area (Å²) in [5.74, 6) is 0. The van der Waals surface area contributed by atoms with Gasteiger partial charge < -0.3 is 19.2 Å². The summed E-state index contributed by atoms with van der Waals surface area (Å²) in [6, 6.07) is 9.27. The Bertz CT molecular complexity index is 716. The van der Waals surface area contributed by atoms with Crippen LogP contribution in [0.25, 0.3) is 10.9 Å². The summed E-state index contributed by atoms with van der Waals surface area (Å²) >= 11 is 0. The van der Waals surface area contributed by atoms with Gasteiger partial charge in [-0.15, -0.1) is 0 Å². The normalized spacial score (nSPS) is 26.3. The summed E-state index contributed by atoms with van der Waals surface area (Å²) in [5, 5.41) is 4.72. The highest BCUT2D eigenvalue weighted by Gasteiger charge is 2.51. The van der Waals surface area contributed by atoms with E-state index in [4.69, 9.17) is 9.31 Å². The van der Waals surface area contributed by atoms with Crippen LogP contribution in [0.3, 0.4) is 0 Å². The van der Waals surface area contributed by atoms with Crippen molar-refractivity contribution in [3.8, 4) is 0 Å². The van der Waals surface area contributed by atoms with Crippen molar-refractivity contribution in [2.45, 2.75) is 51.4 Å². The summed E-state index contributed by atoms with van der Waals surface area (Å²) in [5.41, 5.74) is 1.77. The van der Waals surface area contributed by atoms with Crippen molar-refractivity contribution in [1.29, 1.82) is 0 Å². The predicted octanol–water partition coefficient (Wildman–Crippen LogP) is 2.47. The van der Waals surface area contributed by atoms with Crippen molar-refractivity contribution in [2.24, 2.45) is 0 Å². The number of fused-ring (bicyclic) bond motifs is 1. The maximum Gasteiger partial charge on any atom is 0.494 e. The van der Waals surface area contributed by atoms with Gasteiger partial charge in [0.05, 0.1) is 11.2 Å². The van der Waals surface area contributed by atoms with Crippen LogP contribution in [0.15, 0.2) is 30.5 Å². The van der Waals surface area contributed by atoms with Gasteiger partial charge in [-0.1, -0.05) is 12.1 Å². The maximum absolute atomic E-state index is 6.20. The molecule has 5 heteroatoms. The zero-order valence-corrected chi connectivity index (χ0v) is 14.4. The van der Waals surface area contributed by atoms with E-state index in [1.807, 2.05) is 0 Å². The molecule has 1 atom stereocenters. The van der Waals surface area contributed by atoms with Crippen LogP contribution >= 0.6 is 0 Å². The van der Waals surface area contributed by atoms with Gasteiger partial charge in [0.25, 0.3) is 0 Å². The summed E-state index contributed by atoms with van der Waals surface area (Å²) in [6.45, 7) is 10.5. The molecule has 122 valence electrons. The quantitative estimate of drug-likeness (QED) is 0.865. The molecule has 2 fully saturated rings. The molecule has 1 aromatic heterocycles. The summed E-state index contributed by atoms with van der Waals surface area (Å²) < 4.78 is 14.8. The van der Waals surface area contributed by atoms with Crippen LogP contribution in [-0.2, 0) is 9.31 Å². The molecule has 0 saturated carbocycles. The van der Waals surface area contributed by atoms with Crippen LogP contribution in [0.2, 0.25) is 0 Å². The topological polar surface area (TPSA) is 35.4 Å². The predicted molar refractivity (Wildman–Crippen MR) is 94.2 cm³/mol. The molecule has 1 N–H and O–H groups in total. The zero-order chi connectivity index (χ0) is 16.2. The van der Waals surface area contributed by atoms with Crippen LogP contribution in [0, 0.1) is 0 Å². The molecule has 2 aromatic rings. The van der Waals surface area contributed by atoms with E-state index in [0.717, 1.165) is 18.6 Å². The third-order valence-corrected chi connectivity index (χ3v) is 5.70. The van der Waals surface area contributed by atoms with Gasteiger partial charge in [0.2, 0.25) is 0 Å². The fourth-order valence-electron chi connectivity index (χ4n) is 3.49. The minimum atomic E-state index is -0.302. The molecule has 1 unspecified atom stereocenters.